The van der Waals surface area contributed by atoms with Crippen molar-refractivity contribution in [2.45, 2.75) is 19.1 Å². The molecule has 33 heavy (non-hydrogen) atoms. The molecule has 3 aromatic carbocycles. The summed E-state index contributed by atoms with van der Waals surface area (Å²) in [6.07, 6.45) is -0.783. The van der Waals surface area contributed by atoms with E-state index in [0.717, 1.165) is 11.6 Å². The Labute approximate surface area is 187 Å². The number of alkyl carbamates (subject to hydrolysis) is 1. The van der Waals surface area contributed by atoms with Crippen LogP contribution in [0, 0.1) is 11.6 Å². The minimum atomic E-state index is -1.18. The number of amides is 1. The number of ether oxygens (including phenoxy) is 1. The molecule has 0 unspecified atom stereocenters. The van der Waals surface area contributed by atoms with Crippen molar-refractivity contribution < 1.29 is 32.6 Å². The van der Waals surface area contributed by atoms with Crippen molar-refractivity contribution in [1.29, 1.82) is 0 Å². The van der Waals surface area contributed by atoms with Crippen LogP contribution in [0.4, 0.5) is 13.6 Å². The Hall–Kier alpha value is -4.20. The van der Waals surface area contributed by atoms with Gasteiger partial charge in [-0.2, -0.15) is 0 Å². The number of carbonyl (C=O) groups is 2. The summed E-state index contributed by atoms with van der Waals surface area (Å²) in [5.74, 6) is -2.20. The Bertz CT molecular complexity index is 1280. The monoisotopic (exact) mass is 451 g/mol. The van der Waals surface area contributed by atoms with Gasteiger partial charge in [0.2, 0.25) is 0 Å². The molecule has 0 saturated carbocycles. The molecule has 1 heterocycles. The molecule has 1 amide bonds. The molecule has 0 aliphatic heterocycles. The number of rotatable bonds is 7. The Kier molecular flexibility index (Phi) is 6.35. The molecular weight excluding hydrogens is 432 g/mol. The molecule has 6 nitrogen and oxygen atoms in total. The Balaban J connectivity index is 1.41. The molecule has 0 radical (unpaired) electrons. The molecule has 1 aromatic heterocycles. The Morgan fingerprint density at radius 3 is 2.36 bits per heavy atom. The fourth-order valence-electron chi connectivity index (χ4n) is 3.44. The lowest BCUT2D eigenvalue weighted by Gasteiger charge is -2.14. The van der Waals surface area contributed by atoms with E-state index in [4.69, 9.17) is 9.15 Å². The molecule has 0 saturated heterocycles. The van der Waals surface area contributed by atoms with Crippen LogP contribution in [-0.2, 0) is 22.6 Å². The maximum atomic E-state index is 13.5. The first-order chi connectivity index (χ1) is 15.9. The topological polar surface area (TPSA) is 88.8 Å². The van der Waals surface area contributed by atoms with Gasteiger partial charge in [-0.15, -0.1) is 0 Å². The van der Waals surface area contributed by atoms with Gasteiger partial charge in [-0.25, -0.2) is 18.4 Å². The molecule has 0 aliphatic rings. The van der Waals surface area contributed by atoms with Crippen LogP contribution in [0.3, 0.4) is 0 Å². The summed E-state index contributed by atoms with van der Waals surface area (Å²) in [7, 11) is 0. The van der Waals surface area contributed by atoms with Crippen molar-refractivity contribution in [1.82, 2.24) is 5.32 Å². The second-order valence-corrected chi connectivity index (χ2v) is 7.42. The van der Waals surface area contributed by atoms with Crippen molar-refractivity contribution in [2.24, 2.45) is 0 Å². The van der Waals surface area contributed by atoms with E-state index in [9.17, 15) is 23.5 Å². The van der Waals surface area contributed by atoms with Crippen LogP contribution in [0.5, 0.6) is 0 Å². The summed E-state index contributed by atoms with van der Waals surface area (Å²) < 4.78 is 37.8. The number of hydrogen-bond acceptors (Lipinski definition) is 4. The summed E-state index contributed by atoms with van der Waals surface area (Å²) in [5.41, 5.74) is 2.24. The van der Waals surface area contributed by atoms with Crippen LogP contribution in [-0.4, -0.2) is 23.2 Å². The molecule has 1 atom stereocenters. The largest absolute Gasteiger partial charge is 0.480 e. The fourth-order valence-corrected chi connectivity index (χ4v) is 3.44. The average Bonchev–Trinajstić information content (AvgIpc) is 3.19. The molecule has 168 valence electrons. The lowest BCUT2D eigenvalue weighted by Crippen LogP contribution is -2.42. The minimum Gasteiger partial charge on any atom is -0.480 e. The number of nitrogens with one attached hydrogen (secondary N) is 1. The summed E-state index contributed by atoms with van der Waals surface area (Å²) in [6.45, 7) is -0.220. The maximum absolute atomic E-state index is 13.5. The van der Waals surface area contributed by atoms with Crippen molar-refractivity contribution in [3.8, 4) is 11.1 Å². The van der Waals surface area contributed by atoms with E-state index in [1.165, 1.54) is 12.1 Å². The van der Waals surface area contributed by atoms with E-state index >= 15 is 0 Å². The smallest absolute Gasteiger partial charge is 0.408 e. The third-order valence-electron chi connectivity index (χ3n) is 4.98. The third kappa shape index (κ3) is 5.54. The number of fused-ring (bicyclic) bond motifs is 1. The zero-order chi connectivity index (χ0) is 23.4. The van der Waals surface area contributed by atoms with Crippen LogP contribution in [0.25, 0.3) is 22.1 Å². The van der Waals surface area contributed by atoms with Gasteiger partial charge in [0.15, 0.2) is 6.61 Å². The lowest BCUT2D eigenvalue weighted by molar-refractivity contribution is -0.139. The number of furan rings is 1. The van der Waals surface area contributed by atoms with Crippen LogP contribution < -0.4 is 5.32 Å². The summed E-state index contributed by atoms with van der Waals surface area (Å²) in [5, 5.41) is 12.4. The lowest BCUT2D eigenvalue weighted by atomic mass is 10.0. The first-order valence-corrected chi connectivity index (χ1v) is 10.1. The van der Waals surface area contributed by atoms with Crippen molar-refractivity contribution in [3.63, 3.8) is 0 Å². The molecule has 0 spiro atoms. The van der Waals surface area contributed by atoms with E-state index < -0.39 is 29.7 Å². The molecule has 0 bridgehead atoms. The van der Waals surface area contributed by atoms with Gasteiger partial charge in [-0.1, -0.05) is 36.4 Å². The van der Waals surface area contributed by atoms with Crippen LogP contribution in [0.15, 0.2) is 77.2 Å². The van der Waals surface area contributed by atoms with E-state index in [1.54, 1.807) is 48.5 Å². The summed E-state index contributed by atoms with van der Waals surface area (Å²) in [4.78, 5) is 23.6. The van der Waals surface area contributed by atoms with Gasteiger partial charge in [-0.3, -0.25) is 0 Å². The summed E-state index contributed by atoms with van der Waals surface area (Å²) >= 11 is 0. The summed E-state index contributed by atoms with van der Waals surface area (Å²) in [6, 6.07) is 17.7. The highest BCUT2D eigenvalue weighted by atomic mass is 19.1. The number of aliphatic carboxylic acids is 1. The number of benzene rings is 3. The highest BCUT2D eigenvalue weighted by molar-refractivity contribution is 5.84. The number of carbonyl (C=O) groups excluding carboxylic acids is 1. The fraction of sp³-hybridized carbons (Fsp3) is 0.120. The first-order valence-electron chi connectivity index (χ1n) is 10.1. The quantitative estimate of drug-likeness (QED) is 0.398. The van der Waals surface area contributed by atoms with E-state index in [1.807, 2.05) is 6.07 Å². The predicted octanol–water partition coefficient (Wildman–Crippen LogP) is 5.30. The normalized spacial score (nSPS) is 11.8. The zero-order valence-corrected chi connectivity index (χ0v) is 17.3. The highest BCUT2D eigenvalue weighted by Gasteiger charge is 2.21. The number of carboxylic acids is 1. The molecule has 2 N–H and O–H groups in total. The molecular formula is C25H19F2NO5. The van der Waals surface area contributed by atoms with Crippen LogP contribution in [0.2, 0.25) is 0 Å². The average molecular weight is 451 g/mol. The van der Waals surface area contributed by atoms with Crippen molar-refractivity contribution in [3.05, 3.63) is 95.8 Å². The molecule has 4 aromatic rings. The maximum Gasteiger partial charge on any atom is 0.408 e. The van der Waals surface area contributed by atoms with E-state index in [-0.39, 0.29) is 13.0 Å². The van der Waals surface area contributed by atoms with Gasteiger partial charge in [0.1, 0.15) is 29.0 Å². The van der Waals surface area contributed by atoms with Crippen molar-refractivity contribution in [2.75, 3.05) is 0 Å². The number of carboxylic acid groups (broad SMARTS) is 1. The standard InChI is InChI=1S/C25H19F2NO5/c26-19-10-17(11-20(27)13-19)16-6-7-23-18(9-16)12-21(33-23)14-32-25(31)28-22(24(29)30)8-15-4-2-1-3-5-15/h1-7,9-13,22H,8,14H2,(H,28,31)(H,29,30)/t22-/m1/s1. The second kappa shape index (κ2) is 9.52. The molecule has 4 rings (SSSR count). The minimum absolute atomic E-state index is 0.110. The van der Waals surface area contributed by atoms with Gasteiger partial charge in [0, 0.05) is 17.9 Å². The third-order valence-corrected chi connectivity index (χ3v) is 4.98. The van der Waals surface area contributed by atoms with E-state index in [2.05, 4.69) is 5.32 Å². The second-order valence-electron chi connectivity index (χ2n) is 7.42. The Morgan fingerprint density at radius 1 is 0.939 bits per heavy atom. The molecule has 0 aliphatic carbocycles. The SMILES string of the molecule is O=C(N[C@H](Cc1ccccc1)C(=O)O)OCc1cc2cc(-c3cc(F)cc(F)c3)ccc2o1. The first kappa shape index (κ1) is 22.0. The zero-order valence-electron chi connectivity index (χ0n) is 17.3. The Morgan fingerprint density at radius 2 is 1.67 bits per heavy atom. The van der Waals surface area contributed by atoms with Crippen LogP contribution in [0.1, 0.15) is 11.3 Å². The predicted molar refractivity (Wildman–Crippen MR) is 116 cm³/mol. The van der Waals surface area contributed by atoms with Gasteiger partial charge in [0.05, 0.1) is 0 Å². The van der Waals surface area contributed by atoms with Crippen molar-refractivity contribution >= 4 is 23.0 Å². The van der Waals surface area contributed by atoms with Gasteiger partial charge in [-0.05, 0) is 47.0 Å². The molecule has 0 fully saturated rings. The number of halogens is 2. The van der Waals surface area contributed by atoms with Gasteiger partial charge >= 0.3 is 12.1 Å². The van der Waals surface area contributed by atoms with Gasteiger partial charge in [0.25, 0.3) is 0 Å². The van der Waals surface area contributed by atoms with Gasteiger partial charge < -0.3 is 19.6 Å². The van der Waals surface area contributed by atoms with Crippen LogP contribution >= 0.6 is 0 Å². The highest BCUT2D eigenvalue weighted by Crippen LogP contribution is 2.28. The molecule has 8 heteroatoms. The number of hydrogen-bond donors (Lipinski definition) is 2. The van der Waals surface area contributed by atoms with E-state index in [0.29, 0.717) is 27.9 Å².